The van der Waals surface area contributed by atoms with Crippen molar-refractivity contribution < 1.29 is 4.79 Å². The molecular formula is C10H16N2O. The minimum Gasteiger partial charge on any atom is -0.307 e. The fourth-order valence-corrected chi connectivity index (χ4v) is 0.592. The number of aliphatic imine (C=N–C) groups is 1. The van der Waals surface area contributed by atoms with Gasteiger partial charge >= 0.3 is 0 Å². The van der Waals surface area contributed by atoms with Crippen LogP contribution in [0.3, 0.4) is 0 Å². The quantitative estimate of drug-likeness (QED) is 0.522. The lowest BCUT2D eigenvalue weighted by Gasteiger charge is -2.03. The lowest BCUT2D eigenvalue weighted by molar-refractivity contribution is -0.116. The molecule has 0 aliphatic rings. The van der Waals surface area contributed by atoms with E-state index in [1.54, 1.807) is 19.2 Å². The first-order chi connectivity index (χ1) is 6.11. The molecule has 0 saturated carbocycles. The molecule has 0 aromatic carbocycles. The van der Waals surface area contributed by atoms with Crippen LogP contribution in [-0.4, -0.2) is 12.1 Å². The summed E-state index contributed by atoms with van der Waals surface area (Å²) in [5.74, 6) is 0.371. The van der Waals surface area contributed by atoms with Crippen LogP contribution in [0.5, 0.6) is 0 Å². The van der Waals surface area contributed by atoms with Gasteiger partial charge in [-0.05, 0) is 26.3 Å². The second kappa shape index (κ2) is 6.17. The third kappa shape index (κ3) is 4.95. The molecule has 0 atom stereocenters. The maximum absolute atomic E-state index is 11.1. The molecular weight excluding hydrogens is 164 g/mol. The highest BCUT2D eigenvalue weighted by Gasteiger charge is 2.01. The molecule has 3 heteroatoms. The van der Waals surface area contributed by atoms with Crippen molar-refractivity contribution in [3.63, 3.8) is 0 Å². The second-order valence-corrected chi connectivity index (χ2v) is 2.63. The van der Waals surface area contributed by atoms with Crippen molar-refractivity contribution in [2.24, 2.45) is 4.99 Å². The van der Waals surface area contributed by atoms with Crippen LogP contribution in [0.25, 0.3) is 0 Å². The predicted molar refractivity (Wildman–Crippen MR) is 55.5 cm³/mol. The monoisotopic (exact) mass is 180 g/mol. The van der Waals surface area contributed by atoms with Gasteiger partial charge in [-0.15, -0.1) is 0 Å². The molecule has 0 spiro atoms. The Kier molecular flexibility index (Phi) is 5.52. The molecule has 0 aromatic rings. The maximum atomic E-state index is 11.1. The summed E-state index contributed by atoms with van der Waals surface area (Å²) >= 11 is 0. The molecule has 0 aromatic heterocycles. The molecule has 0 fully saturated rings. The van der Waals surface area contributed by atoms with Crippen LogP contribution in [0.2, 0.25) is 0 Å². The summed E-state index contributed by atoms with van der Waals surface area (Å²) in [7, 11) is 0. The third-order valence-electron chi connectivity index (χ3n) is 1.32. The first-order valence-electron chi connectivity index (χ1n) is 4.27. The van der Waals surface area contributed by atoms with Crippen LogP contribution >= 0.6 is 0 Å². The maximum Gasteiger partial charge on any atom is 0.251 e. The molecule has 0 radical (unpaired) electrons. The average Bonchev–Trinajstić information content (AvgIpc) is 2.11. The van der Waals surface area contributed by atoms with Crippen LogP contribution in [0.4, 0.5) is 0 Å². The Hall–Kier alpha value is -1.38. The van der Waals surface area contributed by atoms with Crippen molar-refractivity contribution in [2.75, 3.05) is 0 Å². The Balaban J connectivity index is 4.23. The Morgan fingerprint density at radius 2 is 2.23 bits per heavy atom. The lowest BCUT2D eigenvalue weighted by atomic mass is 10.3. The van der Waals surface area contributed by atoms with Gasteiger partial charge in [-0.2, -0.15) is 0 Å². The first kappa shape index (κ1) is 11.6. The molecule has 0 bridgehead atoms. The standard InChI is InChI=1S/C10H16N2O/c1-5-7-11-9(6-2)12-10(13)8(3)4/h6-7H,3,5H2,1-2,4H3,(H,12,13)/b9-6+,11-7-. The zero-order valence-corrected chi connectivity index (χ0v) is 8.42. The summed E-state index contributed by atoms with van der Waals surface area (Å²) in [4.78, 5) is 15.2. The Labute approximate surface area is 79.3 Å². The highest BCUT2D eigenvalue weighted by atomic mass is 16.1. The number of hydrogen-bond donors (Lipinski definition) is 1. The SMILES string of the molecule is C=C(C)C(=O)NC(=C/C)/N=C\CC. The number of amides is 1. The van der Waals surface area contributed by atoms with E-state index in [1.165, 1.54) is 0 Å². The molecule has 72 valence electrons. The summed E-state index contributed by atoms with van der Waals surface area (Å²) in [6, 6.07) is 0. The topological polar surface area (TPSA) is 41.5 Å². The summed E-state index contributed by atoms with van der Waals surface area (Å²) in [5, 5.41) is 2.63. The van der Waals surface area contributed by atoms with E-state index in [1.807, 2.05) is 13.8 Å². The van der Waals surface area contributed by atoms with E-state index in [2.05, 4.69) is 16.9 Å². The van der Waals surface area contributed by atoms with E-state index >= 15 is 0 Å². The molecule has 0 aliphatic heterocycles. The largest absolute Gasteiger partial charge is 0.307 e. The third-order valence-corrected chi connectivity index (χ3v) is 1.32. The van der Waals surface area contributed by atoms with Gasteiger partial charge in [0, 0.05) is 11.8 Å². The van der Waals surface area contributed by atoms with Crippen LogP contribution in [0.15, 0.2) is 29.0 Å². The Morgan fingerprint density at radius 1 is 1.62 bits per heavy atom. The van der Waals surface area contributed by atoms with E-state index in [-0.39, 0.29) is 5.91 Å². The van der Waals surface area contributed by atoms with Crippen molar-refractivity contribution >= 4 is 12.1 Å². The van der Waals surface area contributed by atoms with Crippen LogP contribution in [-0.2, 0) is 4.79 Å². The number of carbonyl (C=O) groups excluding carboxylic acids is 1. The number of hydrogen-bond acceptors (Lipinski definition) is 2. The molecule has 0 saturated heterocycles. The smallest absolute Gasteiger partial charge is 0.251 e. The van der Waals surface area contributed by atoms with Crippen LogP contribution in [0, 0.1) is 0 Å². The van der Waals surface area contributed by atoms with Gasteiger partial charge in [-0.3, -0.25) is 4.79 Å². The fourth-order valence-electron chi connectivity index (χ4n) is 0.592. The zero-order valence-electron chi connectivity index (χ0n) is 8.42. The van der Waals surface area contributed by atoms with E-state index < -0.39 is 0 Å². The molecule has 0 aliphatic carbocycles. The molecule has 3 nitrogen and oxygen atoms in total. The Bertz CT molecular complexity index is 252. The van der Waals surface area contributed by atoms with Gasteiger partial charge in [-0.1, -0.05) is 13.5 Å². The van der Waals surface area contributed by atoms with Crippen molar-refractivity contribution in [1.29, 1.82) is 0 Å². The predicted octanol–water partition coefficient (Wildman–Crippen LogP) is 2.02. The lowest BCUT2D eigenvalue weighted by Crippen LogP contribution is -2.22. The van der Waals surface area contributed by atoms with E-state index in [9.17, 15) is 4.79 Å². The van der Waals surface area contributed by atoms with Crippen LogP contribution in [0.1, 0.15) is 27.2 Å². The molecule has 0 unspecified atom stereocenters. The zero-order chi connectivity index (χ0) is 10.3. The van der Waals surface area contributed by atoms with Gasteiger partial charge in [-0.25, -0.2) is 4.99 Å². The van der Waals surface area contributed by atoms with Crippen LogP contribution < -0.4 is 5.32 Å². The highest BCUT2D eigenvalue weighted by molar-refractivity contribution is 5.93. The summed E-state index contributed by atoms with van der Waals surface area (Å²) in [5.41, 5.74) is 0.478. The van der Waals surface area contributed by atoms with Gasteiger partial charge in [0.1, 0.15) is 5.82 Å². The average molecular weight is 180 g/mol. The number of nitrogens with zero attached hydrogens (tertiary/aromatic N) is 1. The fraction of sp³-hybridized carbons (Fsp3) is 0.400. The molecule has 0 rings (SSSR count). The van der Waals surface area contributed by atoms with Gasteiger partial charge < -0.3 is 5.32 Å². The van der Waals surface area contributed by atoms with Gasteiger partial charge in [0.05, 0.1) is 0 Å². The minimum atomic E-state index is -0.193. The van der Waals surface area contributed by atoms with Crippen molar-refractivity contribution in [2.45, 2.75) is 27.2 Å². The molecule has 1 N–H and O–H groups in total. The number of carbonyl (C=O) groups is 1. The summed E-state index contributed by atoms with van der Waals surface area (Å²) in [6.45, 7) is 8.99. The van der Waals surface area contributed by atoms with Crippen molar-refractivity contribution in [3.8, 4) is 0 Å². The van der Waals surface area contributed by atoms with E-state index in [0.717, 1.165) is 6.42 Å². The van der Waals surface area contributed by atoms with Gasteiger partial charge in [0.2, 0.25) is 0 Å². The van der Waals surface area contributed by atoms with Crippen molar-refractivity contribution in [1.82, 2.24) is 5.32 Å². The van der Waals surface area contributed by atoms with E-state index in [4.69, 9.17) is 0 Å². The Morgan fingerprint density at radius 3 is 2.62 bits per heavy atom. The first-order valence-corrected chi connectivity index (χ1v) is 4.27. The summed E-state index contributed by atoms with van der Waals surface area (Å²) in [6.07, 6.45) is 4.33. The molecule has 0 heterocycles. The summed E-state index contributed by atoms with van der Waals surface area (Å²) < 4.78 is 0. The minimum absolute atomic E-state index is 0.193. The number of allylic oxidation sites excluding steroid dienone is 1. The molecule has 1 amide bonds. The number of nitrogens with one attached hydrogen (secondary N) is 1. The highest BCUT2D eigenvalue weighted by Crippen LogP contribution is 1.94. The van der Waals surface area contributed by atoms with Gasteiger partial charge in [0.25, 0.3) is 5.91 Å². The van der Waals surface area contributed by atoms with E-state index in [0.29, 0.717) is 11.4 Å². The molecule has 13 heavy (non-hydrogen) atoms. The van der Waals surface area contributed by atoms with Crippen molar-refractivity contribution in [3.05, 3.63) is 24.0 Å². The van der Waals surface area contributed by atoms with Gasteiger partial charge in [0.15, 0.2) is 0 Å². The number of rotatable bonds is 4. The normalized spacial score (nSPS) is 11.8. The second-order valence-electron chi connectivity index (χ2n) is 2.63.